The average Bonchev–Trinajstić information content (AvgIpc) is 2.90. The van der Waals surface area contributed by atoms with Crippen LogP contribution in [0.25, 0.3) is 11.0 Å². The van der Waals surface area contributed by atoms with Gasteiger partial charge in [0.2, 0.25) is 0 Å². The molecule has 0 aromatic carbocycles. The normalized spacial score (nSPS) is 30.2. The lowest BCUT2D eigenvalue weighted by atomic mass is 10.1. The highest BCUT2D eigenvalue weighted by Crippen LogP contribution is 2.35. The van der Waals surface area contributed by atoms with E-state index in [0.29, 0.717) is 16.1 Å². The van der Waals surface area contributed by atoms with Crippen molar-refractivity contribution in [2.24, 2.45) is 0 Å². The molecule has 3 rings (SSSR count). The Hall–Kier alpha value is -1.45. The summed E-state index contributed by atoms with van der Waals surface area (Å²) in [7, 11) is 0. The van der Waals surface area contributed by atoms with E-state index in [4.69, 9.17) is 27.2 Å². The molecule has 5 N–H and O–H groups in total. The van der Waals surface area contributed by atoms with Gasteiger partial charge < -0.3 is 30.4 Å². The first kappa shape index (κ1) is 13.5. The number of nitrogen functional groups attached to an aromatic ring is 1. The number of aromatic nitrogens is 3. The van der Waals surface area contributed by atoms with Crippen LogP contribution in [0.5, 0.6) is 0 Å². The summed E-state index contributed by atoms with van der Waals surface area (Å²) < 4.78 is 6.91. The minimum Gasteiger partial charge on any atom is -0.394 e. The number of rotatable bonds is 2. The Morgan fingerprint density at radius 2 is 2.10 bits per heavy atom. The zero-order valence-electron chi connectivity index (χ0n) is 10.2. The molecular weight excluding hydrogens is 288 g/mol. The molecule has 3 heterocycles. The number of aliphatic hydroxyl groups is 3. The van der Waals surface area contributed by atoms with Crippen LogP contribution in [0.4, 0.5) is 5.82 Å². The van der Waals surface area contributed by atoms with Gasteiger partial charge in [-0.15, -0.1) is 0 Å². The first-order valence-corrected chi connectivity index (χ1v) is 6.31. The molecule has 0 bridgehead atoms. The molecule has 20 heavy (non-hydrogen) atoms. The van der Waals surface area contributed by atoms with Crippen molar-refractivity contribution in [3.05, 3.63) is 17.5 Å². The Kier molecular flexibility index (Phi) is 3.27. The Morgan fingerprint density at radius 1 is 1.35 bits per heavy atom. The molecule has 0 unspecified atom stereocenters. The standard InChI is InChI=1S/C11H13ClN4O4/c12-4-1-16(10-6(4)9(13)14-3-15-10)11-8(19)7(18)5(2-17)20-11/h1,3,5,7-8,11,17-19H,2H2,(H2,13,14,15)/t5-,7+,8-,11-/m0/s1. The van der Waals surface area contributed by atoms with E-state index in [2.05, 4.69) is 9.97 Å². The number of anilines is 1. The molecule has 2 aromatic rings. The average molecular weight is 301 g/mol. The third kappa shape index (κ3) is 1.85. The summed E-state index contributed by atoms with van der Waals surface area (Å²) in [6, 6.07) is 0. The van der Waals surface area contributed by atoms with Crippen molar-refractivity contribution in [3.63, 3.8) is 0 Å². The zero-order chi connectivity index (χ0) is 14.4. The maximum atomic E-state index is 10.0. The summed E-state index contributed by atoms with van der Waals surface area (Å²) in [5, 5.41) is 29.7. The summed E-state index contributed by atoms with van der Waals surface area (Å²) in [4.78, 5) is 7.92. The molecule has 1 aliphatic rings. The van der Waals surface area contributed by atoms with Gasteiger partial charge in [0, 0.05) is 6.20 Å². The summed E-state index contributed by atoms with van der Waals surface area (Å²) in [5.74, 6) is 0.213. The number of nitrogens with zero attached hydrogens (tertiary/aromatic N) is 3. The van der Waals surface area contributed by atoms with Crippen LogP contribution in [0.2, 0.25) is 5.02 Å². The third-order valence-electron chi connectivity index (χ3n) is 3.38. The summed E-state index contributed by atoms with van der Waals surface area (Å²) >= 11 is 6.09. The van der Waals surface area contributed by atoms with Crippen molar-refractivity contribution in [2.75, 3.05) is 12.3 Å². The fraction of sp³-hybridized carbons (Fsp3) is 0.455. The highest BCUT2D eigenvalue weighted by Gasteiger charge is 2.44. The molecule has 9 heteroatoms. The fourth-order valence-electron chi connectivity index (χ4n) is 2.37. The molecule has 0 radical (unpaired) electrons. The van der Waals surface area contributed by atoms with E-state index in [0.717, 1.165) is 0 Å². The van der Waals surface area contributed by atoms with Gasteiger partial charge >= 0.3 is 0 Å². The molecule has 8 nitrogen and oxygen atoms in total. The minimum absolute atomic E-state index is 0.213. The second kappa shape index (κ2) is 4.83. The third-order valence-corrected chi connectivity index (χ3v) is 3.67. The summed E-state index contributed by atoms with van der Waals surface area (Å²) in [5.41, 5.74) is 6.13. The quantitative estimate of drug-likeness (QED) is 0.576. The number of halogens is 1. The number of hydrogen-bond donors (Lipinski definition) is 4. The zero-order valence-corrected chi connectivity index (χ0v) is 11.0. The Morgan fingerprint density at radius 3 is 2.75 bits per heavy atom. The highest BCUT2D eigenvalue weighted by atomic mass is 35.5. The van der Waals surface area contributed by atoms with Crippen LogP contribution in [0.15, 0.2) is 12.5 Å². The van der Waals surface area contributed by atoms with Gasteiger partial charge in [-0.2, -0.15) is 0 Å². The number of ether oxygens (including phenoxy) is 1. The van der Waals surface area contributed by atoms with Gasteiger partial charge in [0.25, 0.3) is 0 Å². The van der Waals surface area contributed by atoms with Crippen LogP contribution in [-0.2, 0) is 4.74 Å². The predicted molar refractivity (Wildman–Crippen MR) is 70.0 cm³/mol. The SMILES string of the molecule is Nc1ncnc2c1c(Cl)cn2[C@H]1O[C@@H](CO)[C@@H](O)[C@@H]1O. The van der Waals surface area contributed by atoms with Crippen molar-refractivity contribution >= 4 is 28.5 Å². The van der Waals surface area contributed by atoms with Crippen LogP contribution in [0, 0.1) is 0 Å². The van der Waals surface area contributed by atoms with Crippen molar-refractivity contribution in [1.29, 1.82) is 0 Å². The van der Waals surface area contributed by atoms with Crippen LogP contribution >= 0.6 is 11.6 Å². The largest absolute Gasteiger partial charge is 0.394 e. The molecule has 1 fully saturated rings. The fourth-order valence-corrected chi connectivity index (χ4v) is 2.65. The molecule has 0 amide bonds. The van der Waals surface area contributed by atoms with Gasteiger partial charge in [-0.1, -0.05) is 11.6 Å². The second-order valence-electron chi connectivity index (χ2n) is 4.57. The highest BCUT2D eigenvalue weighted by molar-refractivity contribution is 6.36. The lowest BCUT2D eigenvalue weighted by Gasteiger charge is -2.17. The lowest BCUT2D eigenvalue weighted by Crippen LogP contribution is -2.33. The van der Waals surface area contributed by atoms with Gasteiger partial charge in [-0.3, -0.25) is 0 Å². The Balaban J connectivity index is 2.10. The van der Waals surface area contributed by atoms with Gasteiger partial charge in [0.15, 0.2) is 6.23 Å². The molecule has 0 saturated carbocycles. The summed E-state index contributed by atoms with van der Waals surface area (Å²) in [6.45, 7) is -0.404. The van der Waals surface area contributed by atoms with E-state index in [9.17, 15) is 10.2 Å². The molecule has 2 aromatic heterocycles. The molecule has 1 saturated heterocycles. The lowest BCUT2D eigenvalue weighted by molar-refractivity contribution is -0.0508. The minimum atomic E-state index is -1.21. The first-order valence-electron chi connectivity index (χ1n) is 5.93. The second-order valence-corrected chi connectivity index (χ2v) is 4.98. The molecular formula is C11H13ClN4O4. The van der Waals surface area contributed by atoms with Crippen molar-refractivity contribution < 1.29 is 20.1 Å². The maximum Gasteiger partial charge on any atom is 0.164 e. The first-order chi connectivity index (χ1) is 9.54. The molecule has 4 atom stereocenters. The molecule has 0 aliphatic carbocycles. The van der Waals surface area contributed by atoms with Crippen LogP contribution in [0.3, 0.4) is 0 Å². The molecule has 0 spiro atoms. The van der Waals surface area contributed by atoms with Crippen LogP contribution < -0.4 is 5.73 Å². The predicted octanol–water partition coefficient (Wildman–Crippen LogP) is -0.722. The van der Waals surface area contributed by atoms with Gasteiger partial charge in [0.1, 0.15) is 36.1 Å². The summed E-state index contributed by atoms with van der Waals surface area (Å²) in [6.07, 6.45) is -1.42. The van der Waals surface area contributed by atoms with E-state index in [1.54, 1.807) is 0 Å². The maximum absolute atomic E-state index is 10.0. The van der Waals surface area contributed by atoms with E-state index >= 15 is 0 Å². The number of fused-ring (bicyclic) bond motifs is 1. The monoisotopic (exact) mass is 300 g/mol. The van der Waals surface area contributed by atoms with Crippen molar-refractivity contribution in [3.8, 4) is 0 Å². The molecule has 108 valence electrons. The van der Waals surface area contributed by atoms with E-state index in [1.165, 1.54) is 17.1 Å². The van der Waals surface area contributed by atoms with Gasteiger partial charge in [0.05, 0.1) is 17.0 Å². The van der Waals surface area contributed by atoms with Crippen LogP contribution in [0.1, 0.15) is 6.23 Å². The van der Waals surface area contributed by atoms with Crippen molar-refractivity contribution in [1.82, 2.24) is 14.5 Å². The molecule has 1 aliphatic heterocycles. The van der Waals surface area contributed by atoms with E-state index in [1.807, 2.05) is 0 Å². The van der Waals surface area contributed by atoms with E-state index < -0.39 is 31.1 Å². The smallest absolute Gasteiger partial charge is 0.164 e. The van der Waals surface area contributed by atoms with Gasteiger partial charge in [-0.05, 0) is 0 Å². The van der Waals surface area contributed by atoms with Gasteiger partial charge in [-0.25, -0.2) is 9.97 Å². The Labute approximate surface area is 118 Å². The number of nitrogens with two attached hydrogens (primary N) is 1. The topological polar surface area (TPSA) is 127 Å². The Bertz CT molecular complexity index is 649. The van der Waals surface area contributed by atoms with Crippen LogP contribution in [-0.4, -0.2) is 54.8 Å². The van der Waals surface area contributed by atoms with Crippen molar-refractivity contribution in [2.45, 2.75) is 24.5 Å². The number of aliphatic hydroxyl groups excluding tert-OH is 3. The number of hydrogen-bond acceptors (Lipinski definition) is 7. The van der Waals surface area contributed by atoms with E-state index in [-0.39, 0.29) is 5.82 Å².